The van der Waals surface area contributed by atoms with Gasteiger partial charge in [-0.25, -0.2) is 9.59 Å². The number of rotatable bonds is 6. The van der Waals surface area contributed by atoms with E-state index in [-0.39, 0.29) is 6.61 Å². The molecule has 0 heterocycles. The Morgan fingerprint density at radius 3 is 2.11 bits per heavy atom. The number of likely N-dealkylation sites (N-methyl/N-ethyl adjacent to an activating group) is 1. The third-order valence-electron chi connectivity index (χ3n) is 2.57. The molecule has 8 nitrogen and oxygen atoms in total. The van der Waals surface area contributed by atoms with E-state index in [1.165, 1.54) is 7.05 Å². The average molecular weight is 262 g/mol. The second-order valence-electron chi connectivity index (χ2n) is 4.47. The van der Waals surface area contributed by atoms with Gasteiger partial charge in [0.2, 0.25) is 0 Å². The van der Waals surface area contributed by atoms with Crippen molar-refractivity contribution in [1.29, 1.82) is 0 Å². The predicted molar refractivity (Wildman–Crippen MR) is 61.1 cm³/mol. The molecule has 0 bridgehead atoms. The van der Waals surface area contributed by atoms with Crippen molar-refractivity contribution in [1.82, 2.24) is 10.2 Å². The maximum Gasteiger partial charge on any atom is 0.326 e. The predicted octanol–water partition coefficient (Wildman–Crippen LogP) is -0.673. The average Bonchev–Trinajstić information content (AvgIpc) is 2.26. The molecule has 0 aliphatic heterocycles. The summed E-state index contributed by atoms with van der Waals surface area (Å²) in [6, 6.07) is -2.27. The van der Waals surface area contributed by atoms with Gasteiger partial charge in [0.05, 0.1) is 18.6 Å². The largest absolute Gasteiger partial charge is 0.481 e. The van der Waals surface area contributed by atoms with Gasteiger partial charge >= 0.3 is 18.0 Å². The Morgan fingerprint density at radius 1 is 1.28 bits per heavy atom. The van der Waals surface area contributed by atoms with Crippen molar-refractivity contribution in [3.05, 3.63) is 0 Å². The molecule has 0 unspecified atom stereocenters. The highest BCUT2D eigenvalue weighted by molar-refractivity contribution is 5.86. The van der Waals surface area contributed by atoms with E-state index >= 15 is 0 Å². The van der Waals surface area contributed by atoms with E-state index in [9.17, 15) is 14.4 Å². The molecule has 0 aromatic rings. The Hall–Kier alpha value is -1.83. The number of aliphatic hydroxyl groups is 1. The second kappa shape index (κ2) is 6.20. The fourth-order valence-electron chi connectivity index (χ4n) is 1.00. The number of aliphatic carboxylic acids is 2. The third-order valence-corrected chi connectivity index (χ3v) is 2.57. The van der Waals surface area contributed by atoms with E-state index in [0.29, 0.717) is 0 Å². The van der Waals surface area contributed by atoms with E-state index in [0.717, 1.165) is 4.90 Å². The maximum absolute atomic E-state index is 11.7. The van der Waals surface area contributed by atoms with Crippen molar-refractivity contribution in [2.45, 2.75) is 31.8 Å². The standard InChI is InChI=1S/C10H18N2O6/c1-10(2,5-13)12(3)9(18)11-6(8(16)17)4-7(14)15/h6,13H,4-5H2,1-3H3,(H,11,18)(H,14,15)(H,16,17)/t6-/m0/s1. The van der Waals surface area contributed by atoms with Crippen molar-refractivity contribution in [3.8, 4) is 0 Å². The zero-order valence-electron chi connectivity index (χ0n) is 10.5. The van der Waals surface area contributed by atoms with Gasteiger partial charge in [-0.05, 0) is 13.8 Å². The summed E-state index contributed by atoms with van der Waals surface area (Å²) in [4.78, 5) is 34.0. The normalized spacial score (nSPS) is 12.7. The SMILES string of the molecule is CN(C(=O)N[C@@H](CC(=O)O)C(=O)O)C(C)(C)CO. The Balaban J connectivity index is 4.70. The van der Waals surface area contributed by atoms with Gasteiger partial charge < -0.3 is 25.5 Å². The van der Waals surface area contributed by atoms with Gasteiger partial charge in [0, 0.05) is 7.05 Å². The van der Waals surface area contributed by atoms with Crippen LogP contribution in [0.25, 0.3) is 0 Å². The smallest absolute Gasteiger partial charge is 0.326 e. The molecule has 0 rings (SSSR count). The lowest BCUT2D eigenvalue weighted by Crippen LogP contribution is -2.55. The number of carbonyl (C=O) groups excluding carboxylic acids is 1. The Bertz CT molecular complexity index is 341. The number of carboxylic acid groups (broad SMARTS) is 2. The molecular weight excluding hydrogens is 244 g/mol. The van der Waals surface area contributed by atoms with Crippen LogP contribution in [0.5, 0.6) is 0 Å². The topological polar surface area (TPSA) is 127 Å². The highest BCUT2D eigenvalue weighted by Crippen LogP contribution is 2.11. The molecule has 0 aliphatic carbocycles. The molecule has 4 N–H and O–H groups in total. The van der Waals surface area contributed by atoms with Crippen molar-refractivity contribution in [2.75, 3.05) is 13.7 Å². The number of nitrogens with one attached hydrogen (secondary N) is 1. The number of carbonyl (C=O) groups is 3. The number of carboxylic acids is 2. The summed E-state index contributed by atoms with van der Waals surface area (Å²) in [6.07, 6.45) is -0.714. The molecule has 1 atom stereocenters. The fraction of sp³-hybridized carbons (Fsp3) is 0.700. The Labute approximate surface area is 104 Å². The van der Waals surface area contributed by atoms with Gasteiger partial charge in [0.1, 0.15) is 6.04 Å². The van der Waals surface area contributed by atoms with Crippen LogP contribution >= 0.6 is 0 Å². The van der Waals surface area contributed by atoms with E-state index < -0.39 is 36.0 Å². The van der Waals surface area contributed by atoms with Gasteiger partial charge in [0.25, 0.3) is 0 Å². The van der Waals surface area contributed by atoms with Crippen LogP contribution in [0, 0.1) is 0 Å². The first kappa shape index (κ1) is 16.2. The van der Waals surface area contributed by atoms with Crippen LogP contribution in [-0.4, -0.2) is 63.4 Å². The molecule has 0 radical (unpaired) electrons. The molecular formula is C10H18N2O6. The first-order chi connectivity index (χ1) is 8.11. The van der Waals surface area contributed by atoms with Crippen LogP contribution in [0.15, 0.2) is 0 Å². The zero-order valence-corrected chi connectivity index (χ0v) is 10.5. The first-order valence-corrected chi connectivity index (χ1v) is 5.21. The third kappa shape index (κ3) is 4.58. The molecule has 0 saturated heterocycles. The number of urea groups is 1. The van der Waals surface area contributed by atoms with E-state index in [1.807, 2.05) is 0 Å². The van der Waals surface area contributed by atoms with E-state index in [1.54, 1.807) is 13.8 Å². The molecule has 0 fully saturated rings. The summed E-state index contributed by atoms with van der Waals surface area (Å²) in [5.74, 6) is -2.76. The number of nitrogens with zero attached hydrogens (tertiary/aromatic N) is 1. The van der Waals surface area contributed by atoms with Crippen LogP contribution in [0.2, 0.25) is 0 Å². The van der Waals surface area contributed by atoms with Crippen molar-refractivity contribution in [3.63, 3.8) is 0 Å². The minimum Gasteiger partial charge on any atom is -0.481 e. The second-order valence-corrected chi connectivity index (χ2v) is 4.47. The van der Waals surface area contributed by atoms with Crippen LogP contribution < -0.4 is 5.32 Å². The summed E-state index contributed by atoms with van der Waals surface area (Å²) >= 11 is 0. The zero-order chi connectivity index (χ0) is 14.5. The number of hydrogen-bond acceptors (Lipinski definition) is 4. The minimum absolute atomic E-state index is 0.312. The first-order valence-electron chi connectivity index (χ1n) is 5.21. The minimum atomic E-state index is -1.51. The highest BCUT2D eigenvalue weighted by Gasteiger charge is 2.30. The van der Waals surface area contributed by atoms with Crippen LogP contribution in [-0.2, 0) is 9.59 Å². The summed E-state index contributed by atoms with van der Waals surface area (Å²) in [7, 11) is 1.38. The quantitative estimate of drug-likeness (QED) is 0.502. The van der Waals surface area contributed by atoms with Gasteiger partial charge in [0.15, 0.2) is 0 Å². The van der Waals surface area contributed by atoms with Crippen LogP contribution in [0.1, 0.15) is 20.3 Å². The van der Waals surface area contributed by atoms with E-state index in [2.05, 4.69) is 5.32 Å². The summed E-state index contributed by atoms with van der Waals surface area (Å²) in [5, 5.41) is 28.4. The van der Waals surface area contributed by atoms with Gasteiger partial charge in [-0.15, -0.1) is 0 Å². The molecule has 2 amide bonds. The van der Waals surface area contributed by atoms with Gasteiger partial charge in [-0.2, -0.15) is 0 Å². The summed E-state index contributed by atoms with van der Waals surface area (Å²) in [5.41, 5.74) is -0.879. The molecule has 0 aliphatic rings. The lowest BCUT2D eigenvalue weighted by molar-refractivity contribution is -0.145. The molecule has 18 heavy (non-hydrogen) atoms. The van der Waals surface area contributed by atoms with Gasteiger partial charge in [-0.1, -0.05) is 0 Å². The Kier molecular flexibility index (Phi) is 5.57. The van der Waals surface area contributed by atoms with Crippen LogP contribution in [0.3, 0.4) is 0 Å². The van der Waals surface area contributed by atoms with E-state index in [4.69, 9.17) is 15.3 Å². The molecule has 0 saturated carbocycles. The molecule has 104 valence electrons. The van der Waals surface area contributed by atoms with Crippen molar-refractivity contribution in [2.24, 2.45) is 0 Å². The molecule has 0 aromatic carbocycles. The lowest BCUT2D eigenvalue weighted by atomic mass is 10.1. The summed E-state index contributed by atoms with van der Waals surface area (Å²) in [6.45, 7) is 2.85. The number of amides is 2. The molecule has 0 spiro atoms. The van der Waals surface area contributed by atoms with Crippen LogP contribution in [0.4, 0.5) is 4.79 Å². The molecule has 8 heteroatoms. The summed E-state index contributed by atoms with van der Waals surface area (Å²) < 4.78 is 0. The van der Waals surface area contributed by atoms with Crippen molar-refractivity contribution >= 4 is 18.0 Å². The fourth-order valence-corrected chi connectivity index (χ4v) is 1.00. The van der Waals surface area contributed by atoms with Crippen molar-refractivity contribution < 1.29 is 29.7 Å². The maximum atomic E-state index is 11.7. The Morgan fingerprint density at radius 2 is 1.78 bits per heavy atom. The number of hydrogen-bond donors (Lipinski definition) is 4. The van der Waals surface area contributed by atoms with Gasteiger partial charge in [-0.3, -0.25) is 4.79 Å². The highest BCUT2D eigenvalue weighted by atomic mass is 16.4. The molecule has 0 aromatic heterocycles. The monoisotopic (exact) mass is 262 g/mol. The number of aliphatic hydroxyl groups excluding tert-OH is 1. The lowest BCUT2D eigenvalue weighted by Gasteiger charge is -2.34.